The van der Waals surface area contributed by atoms with E-state index in [-0.39, 0.29) is 18.3 Å². The van der Waals surface area contributed by atoms with Gasteiger partial charge in [0.25, 0.3) is 5.91 Å². The van der Waals surface area contributed by atoms with E-state index in [0.717, 1.165) is 25.9 Å². The maximum absolute atomic E-state index is 12.1. The van der Waals surface area contributed by atoms with E-state index < -0.39 is 0 Å². The van der Waals surface area contributed by atoms with Gasteiger partial charge in [0.15, 0.2) is 12.4 Å². The van der Waals surface area contributed by atoms with Gasteiger partial charge in [-0.25, -0.2) is 0 Å². The summed E-state index contributed by atoms with van der Waals surface area (Å²) in [5.41, 5.74) is 6.06. The first kappa shape index (κ1) is 15.2. The molecule has 1 saturated heterocycles. The van der Waals surface area contributed by atoms with Crippen LogP contribution in [0, 0.1) is 5.92 Å². The highest BCUT2D eigenvalue weighted by atomic mass is 16.5. The van der Waals surface area contributed by atoms with Crippen molar-refractivity contribution in [2.75, 3.05) is 19.7 Å². The molecular formula is C15H21N3O3. The Hall–Kier alpha value is -2.24. The normalized spacial score (nSPS) is 18.8. The van der Waals surface area contributed by atoms with Crippen LogP contribution < -0.4 is 10.5 Å². The Morgan fingerprint density at radius 2 is 2.29 bits per heavy atom. The molecule has 6 heteroatoms. The largest absolute Gasteiger partial charge is 0.483 e. The molecule has 1 atom stereocenters. The van der Waals surface area contributed by atoms with Gasteiger partial charge in [-0.05, 0) is 24.5 Å². The lowest BCUT2D eigenvalue weighted by Gasteiger charge is -2.17. The van der Waals surface area contributed by atoms with E-state index in [9.17, 15) is 4.79 Å². The van der Waals surface area contributed by atoms with Crippen LogP contribution in [0.25, 0.3) is 0 Å². The number of likely N-dealkylation sites (tertiary alicyclic amines) is 1. The molecule has 0 saturated carbocycles. The van der Waals surface area contributed by atoms with E-state index in [0.29, 0.717) is 17.2 Å². The van der Waals surface area contributed by atoms with Crippen molar-refractivity contribution in [3.8, 4) is 5.75 Å². The SMILES string of the molecule is CCC1CCN(C(=O)COc2ccccc2/C(N)=N/O)C1. The summed E-state index contributed by atoms with van der Waals surface area (Å²) in [4.78, 5) is 14.0. The first-order valence-corrected chi connectivity index (χ1v) is 7.13. The zero-order valence-electron chi connectivity index (χ0n) is 12.2. The average molecular weight is 291 g/mol. The summed E-state index contributed by atoms with van der Waals surface area (Å²) in [5.74, 6) is 0.969. The molecule has 1 unspecified atom stereocenters. The predicted octanol–water partition coefficient (Wildman–Crippen LogP) is 1.42. The van der Waals surface area contributed by atoms with Crippen LogP contribution in [0.2, 0.25) is 0 Å². The van der Waals surface area contributed by atoms with Gasteiger partial charge in [-0.2, -0.15) is 0 Å². The molecular weight excluding hydrogens is 270 g/mol. The molecule has 1 aromatic rings. The number of nitrogens with zero attached hydrogens (tertiary/aromatic N) is 2. The first-order chi connectivity index (χ1) is 10.2. The van der Waals surface area contributed by atoms with E-state index in [1.807, 2.05) is 4.90 Å². The Morgan fingerprint density at radius 3 is 2.95 bits per heavy atom. The Morgan fingerprint density at radius 1 is 1.52 bits per heavy atom. The lowest BCUT2D eigenvalue weighted by molar-refractivity contribution is -0.132. The number of hydrogen-bond donors (Lipinski definition) is 2. The minimum atomic E-state index is -0.0368. The van der Waals surface area contributed by atoms with Crippen LogP contribution in [0.4, 0.5) is 0 Å². The van der Waals surface area contributed by atoms with Crippen molar-refractivity contribution in [3.63, 3.8) is 0 Å². The standard InChI is InChI=1S/C15H21N3O3/c1-2-11-7-8-18(9-11)14(19)10-21-13-6-4-3-5-12(13)15(16)17-20/h3-6,11,20H,2,7-10H2,1H3,(H2,16,17). The van der Waals surface area contributed by atoms with Crippen LogP contribution in [0.3, 0.4) is 0 Å². The predicted molar refractivity (Wildman–Crippen MR) is 79.4 cm³/mol. The number of amidine groups is 1. The van der Waals surface area contributed by atoms with E-state index in [1.165, 1.54) is 0 Å². The molecule has 2 rings (SSSR count). The van der Waals surface area contributed by atoms with Crippen LogP contribution >= 0.6 is 0 Å². The Labute approximate surface area is 124 Å². The molecule has 1 fully saturated rings. The molecule has 1 aliphatic heterocycles. The monoisotopic (exact) mass is 291 g/mol. The molecule has 0 aliphatic carbocycles. The zero-order chi connectivity index (χ0) is 15.2. The van der Waals surface area contributed by atoms with Gasteiger partial charge in [0, 0.05) is 13.1 Å². The molecule has 0 bridgehead atoms. The topological polar surface area (TPSA) is 88.2 Å². The van der Waals surface area contributed by atoms with E-state index in [4.69, 9.17) is 15.7 Å². The molecule has 114 valence electrons. The highest BCUT2D eigenvalue weighted by Gasteiger charge is 2.25. The molecule has 0 spiro atoms. The number of rotatable bonds is 5. The molecule has 21 heavy (non-hydrogen) atoms. The second-order valence-electron chi connectivity index (χ2n) is 5.17. The van der Waals surface area contributed by atoms with Gasteiger partial charge in [-0.1, -0.05) is 30.6 Å². The molecule has 0 radical (unpaired) electrons. The number of benzene rings is 1. The third kappa shape index (κ3) is 3.65. The van der Waals surface area contributed by atoms with Gasteiger partial charge in [-0.15, -0.1) is 0 Å². The summed E-state index contributed by atoms with van der Waals surface area (Å²) in [7, 11) is 0. The molecule has 1 aromatic carbocycles. The van der Waals surface area contributed by atoms with Gasteiger partial charge in [0.2, 0.25) is 0 Å². The third-order valence-corrected chi connectivity index (χ3v) is 3.84. The lowest BCUT2D eigenvalue weighted by atomic mass is 10.1. The maximum atomic E-state index is 12.1. The quantitative estimate of drug-likeness (QED) is 0.372. The van der Waals surface area contributed by atoms with Crippen LogP contribution in [0.5, 0.6) is 5.75 Å². The fourth-order valence-electron chi connectivity index (χ4n) is 2.48. The molecule has 3 N–H and O–H groups in total. The van der Waals surface area contributed by atoms with E-state index in [2.05, 4.69) is 12.1 Å². The van der Waals surface area contributed by atoms with Crippen LogP contribution in [-0.4, -0.2) is 41.5 Å². The van der Waals surface area contributed by atoms with Gasteiger partial charge >= 0.3 is 0 Å². The molecule has 0 aromatic heterocycles. The summed E-state index contributed by atoms with van der Waals surface area (Å²) in [6.45, 7) is 3.71. The highest BCUT2D eigenvalue weighted by molar-refractivity contribution is 5.99. The summed E-state index contributed by atoms with van der Waals surface area (Å²) in [5, 5.41) is 11.7. The van der Waals surface area contributed by atoms with Gasteiger partial charge in [-0.3, -0.25) is 4.79 Å². The number of carbonyl (C=O) groups is 1. The van der Waals surface area contributed by atoms with Gasteiger partial charge < -0.3 is 20.6 Å². The summed E-state index contributed by atoms with van der Waals surface area (Å²) >= 11 is 0. The fraction of sp³-hybridized carbons (Fsp3) is 0.467. The molecule has 1 amide bonds. The smallest absolute Gasteiger partial charge is 0.260 e. The van der Waals surface area contributed by atoms with Gasteiger partial charge in [0.1, 0.15) is 5.75 Å². The minimum Gasteiger partial charge on any atom is -0.483 e. The van der Waals surface area contributed by atoms with Crippen molar-refractivity contribution in [2.45, 2.75) is 19.8 Å². The second-order valence-corrected chi connectivity index (χ2v) is 5.17. The molecule has 1 aliphatic rings. The number of hydrogen-bond acceptors (Lipinski definition) is 4. The van der Waals surface area contributed by atoms with Crippen molar-refractivity contribution in [1.82, 2.24) is 4.90 Å². The summed E-state index contributed by atoms with van der Waals surface area (Å²) < 4.78 is 5.54. The van der Waals surface area contributed by atoms with E-state index >= 15 is 0 Å². The van der Waals surface area contributed by atoms with Crippen molar-refractivity contribution in [2.24, 2.45) is 16.8 Å². The molecule has 1 heterocycles. The number of ether oxygens (including phenoxy) is 1. The van der Waals surface area contributed by atoms with Crippen molar-refractivity contribution >= 4 is 11.7 Å². The Balaban J connectivity index is 1.96. The van der Waals surface area contributed by atoms with Crippen LogP contribution in [0.15, 0.2) is 29.4 Å². The van der Waals surface area contributed by atoms with Crippen molar-refractivity contribution < 1.29 is 14.7 Å². The number of para-hydroxylation sites is 1. The minimum absolute atomic E-state index is 0.0275. The number of amides is 1. The van der Waals surface area contributed by atoms with Crippen LogP contribution in [0.1, 0.15) is 25.3 Å². The van der Waals surface area contributed by atoms with Gasteiger partial charge in [0.05, 0.1) is 5.56 Å². The number of carbonyl (C=O) groups excluding carboxylic acids is 1. The number of nitrogens with two attached hydrogens (primary N) is 1. The maximum Gasteiger partial charge on any atom is 0.260 e. The zero-order valence-corrected chi connectivity index (χ0v) is 12.2. The van der Waals surface area contributed by atoms with E-state index in [1.54, 1.807) is 24.3 Å². The summed E-state index contributed by atoms with van der Waals surface area (Å²) in [6, 6.07) is 6.91. The highest BCUT2D eigenvalue weighted by Crippen LogP contribution is 2.20. The lowest BCUT2D eigenvalue weighted by Crippen LogP contribution is -2.33. The second kappa shape index (κ2) is 6.97. The third-order valence-electron chi connectivity index (χ3n) is 3.84. The summed E-state index contributed by atoms with van der Waals surface area (Å²) in [6.07, 6.45) is 2.15. The fourth-order valence-corrected chi connectivity index (χ4v) is 2.48. The van der Waals surface area contributed by atoms with Crippen LogP contribution in [-0.2, 0) is 4.79 Å². The van der Waals surface area contributed by atoms with Crippen molar-refractivity contribution in [1.29, 1.82) is 0 Å². The Kier molecular flexibility index (Phi) is 5.03. The molecule has 6 nitrogen and oxygen atoms in total. The van der Waals surface area contributed by atoms with Crippen molar-refractivity contribution in [3.05, 3.63) is 29.8 Å². The first-order valence-electron chi connectivity index (χ1n) is 7.13. The number of oxime groups is 1. The average Bonchev–Trinajstić information content (AvgIpc) is 3.01. The Bertz CT molecular complexity index is 531.